The normalized spacial score (nSPS) is 14.8. The van der Waals surface area contributed by atoms with E-state index in [0.29, 0.717) is 53.8 Å². The van der Waals surface area contributed by atoms with Gasteiger partial charge in [-0.25, -0.2) is 0 Å². The van der Waals surface area contributed by atoms with Gasteiger partial charge in [-0.2, -0.15) is 0 Å². The van der Waals surface area contributed by atoms with E-state index in [1.54, 1.807) is 36.3 Å². The Morgan fingerprint density at radius 3 is 2.74 bits per heavy atom. The van der Waals surface area contributed by atoms with Crippen LogP contribution >= 0.6 is 0 Å². The molecule has 1 N–H and O–H groups in total. The Bertz CT molecular complexity index is 1080. The van der Waals surface area contributed by atoms with Crippen molar-refractivity contribution >= 4 is 23.3 Å². The lowest BCUT2D eigenvalue weighted by molar-refractivity contribution is -0.122. The number of anilines is 1. The van der Waals surface area contributed by atoms with Crippen molar-refractivity contribution in [2.45, 2.75) is 32.6 Å². The maximum atomic E-state index is 12.8. The summed E-state index contributed by atoms with van der Waals surface area (Å²) in [6, 6.07) is 10.5. The lowest BCUT2D eigenvalue weighted by atomic mass is 10.1. The minimum Gasteiger partial charge on any atom is -0.493 e. The van der Waals surface area contributed by atoms with E-state index in [1.165, 1.54) is 12.8 Å². The van der Waals surface area contributed by atoms with E-state index in [0.717, 1.165) is 12.1 Å². The Kier molecular flexibility index (Phi) is 7.35. The Labute approximate surface area is 199 Å². The molecule has 2 aromatic rings. The largest absolute Gasteiger partial charge is 0.493 e. The molecule has 0 bridgehead atoms. The van der Waals surface area contributed by atoms with Crippen molar-refractivity contribution in [1.82, 2.24) is 5.32 Å². The summed E-state index contributed by atoms with van der Waals surface area (Å²) in [6.45, 7) is 2.82. The standard InChI is InChI=1S/C26H30N2O6/c1-17-5-9-23(24(12-17)32-2)33-15-21(29)19-8-10-22-20(13-19)28(26(31)16-34-22)11-3-4-25(30)27-14-18-6-7-18/h5,8-10,12-13,18H,3-4,6-7,11,14-16H2,1-2H3,(H,27,30). The van der Waals surface area contributed by atoms with E-state index in [-0.39, 0.29) is 30.8 Å². The number of amides is 2. The summed E-state index contributed by atoms with van der Waals surface area (Å²) in [4.78, 5) is 39.0. The molecule has 0 aromatic heterocycles. The average molecular weight is 467 g/mol. The van der Waals surface area contributed by atoms with Crippen LogP contribution in [0.2, 0.25) is 0 Å². The second-order valence-corrected chi connectivity index (χ2v) is 8.73. The highest BCUT2D eigenvalue weighted by molar-refractivity contribution is 6.02. The molecule has 0 radical (unpaired) electrons. The molecule has 180 valence electrons. The summed E-state index contributed by atoms with van der Waals surface area (Å²) in [5.74, 6) is 1.78. The predicted molar refractivity (Wildman–Crippen MR) is 127 cm³/mol. The number of ether oxygens (including phenoxy) is 3. The second kappa shape index (κ2) is 10.6. The number of ketones is 1. The van der Waals surface area contributed by atoms with E-state index >= 15 is 0 Å². The van der Waals surface area contributed by atoms with Gasteiger partial charge in [-0.15, -0.1) is 0 Å². The molecule has 34 heavy (non-hydrogen) atoms. The molecule has 2 aromatic carbocycles. The Morgan fingerprint density at radius 1 is 1.15 bits per heavy atom. The van der Waals surface area contributed by atoms with E-state index in [9.17, 15) is 14.4 Å². The monoisotopic (exact) mass is 466 g/mol. The molecule has 8 nitrogen and oxygen atoms in total. The fourth-order valence-corrected chi connectivity index (χ4v) is 3.81. The molecule has 0 unspecified atom stereocenters. The van der Waals surface area contributed by atoms with Gasteiger partial charge in [0.1, 0.15) is 5.75 Å². The number of benzene rings is 2. The number of Topliss-reactive ketones (excluding diaryl/α,β-unsaturated/α-hetero) is 1. The van der Waals surface area contributed by atoms with E-state index in [4.69, 9.17) is 14.2 Å². The van der Waals surface area contributed by atoms with Crippen molar-refractivity contribution < 1.29 is 28.6 Å². The number of methoxy groups -OCH3 is 1. The highest BCUT2D eigenvalue weighted by atomic mass is 16.5. The SMILES string of the molecule is COc1cc(C)ccc1OCC(=O)c1ccc2c(c1)N(CCCC(=O)NCC1CC1)C(=O)CO2. The first-order chi connectivity index (χ1) is 16.4. The maximum Gasteiger partial charge on any atom is 0.265 e. The smallest absolute Gasteiger partial charge is 0.265 e. The summed E-state index contributed by atoms with van der Waals surface area (Å²) in [5, 5.41) is 2.94. The first-order valence-corrected chi connectivity index (χ1v) is 11.6. The van der Waals surface area contributed by atoms with E-state index < -0.39 is 0 Å². The van der Waals surface area contributed by atoms with Crippen molar-refractivity contribution in [2.24, 2.45) is 5.92 Å². The van der Waals surface area contributed by atoms with Gasteiger partial charge in [0, 0.05) is 25.1 Å². The molecule has 1 fully saturated rings. The molecule has 0 spiro atoms. The zero-order valence-corrected chi connectivity index (χ0v) is 19.6. The van der Waals surface area contributed by atoms with Crippen LogP contribution in [0.1, 0.15) is 41.6 Å². The molecule has 0 saturated heterocycles. The van der Waals surface area contributed by atoms with Crippen LogP contribution in [0.4, 0.5) is 5.69 Å². The van der Waals surface area contributed by atoms with Crippen molar-refractivity contribution in [1.29, 1.82) is 0 Å². The van der Waals surface area contributed by atoms with Crippen LogP contribution < -0.4 is 24.4 Å². The molecule has 8 heteroatoms. The third kappa shape index (κ3) is 5.87. The third-order valence-electron chi connectivity index (χ3n) is 5.97. The summed E-state index contributed by atoms with van der Waals surface area (Å²) in [6.07, 6.45) is 3.24. The fraction of sp³-hybridized carbons (Fsp3) is 0.423. The van der Waals surface area contributed by atoms with Crippen LogP contribution in [0, 0.1) is 12.8 Å². The number of carbonyl (C=O) groups excluding carboxylic acids is 3. The Balaban J connectivity index is 1.38. The van der Waals surface area contributed by atoms with Gasteiger partial charge in [-0.3, -0.25) is 14.4 Å². The molecule has 1 heterocycles. The molecule has 1 saturated carbocycles. The minimum absolute atomic E-state index is 0.000410. The number of carbonyl (C=O) groups is 3. The van der Waals surface area contributed by atoms with Gasteiger partial charge < -0.3 is 24.4 Å². The Hall–Kier alpha value is -3.55. The summed E-state index contributed by atoms with van der Waals surface area (Å²) >= 11 is 0. The van der Waals surface area contributed by atoms with Gasteiger partial charge in [0.25, 0.3) is 5.91 Å². The highest BCUT2D eigenvalue weighted by Gasteiger charge is 2.27. The van der Waals surface area contributed by atoms with Crippen LogP contribution in [-0.2, 0) is 9.59 Å². The highest BCUT2D eigenvalue weighted by Crippen LogP contribution is 2.34. The lowest BCUT2D eigenvalue weighted by Gasteiger charge is -2.29. The Morgan fingerprint density at radius 2 is 1.97 bits per heavy atom. The predicted octanol–water partition coefficient (Wildman–Crippen LogP) is 3.30. The van der Waals surface area contributed by atoms with Crippen molar-refractivity contribution in [3.05, 3.63) is 47.5 Å². The van der Waals surface area contributed by atoms with Crippen LogP contribution in [-0.4, -0.2) is 51.0 Å². The first kappa shape index (κ1) is 23.6. The van der Waals surface area contributed by atoms with Gasteiger partial charge in [0.15, 0.2) is 30.5 Å². The van der Waals surface area contributed by atoms with E-state index in [2.05, 4.69) is 5.32 Å². The first-order valence-electron chi connectivity index (χ1n) is 11.6. The molecule has 1 aliphatic heterocycles. The summed E-state index contributed by atoms with van der Waals surface area (Å²) < 4.78 is 16.6. The van der Waals surface area contributed by atoms with Gasteiger partial charge in [-0.1, -0.05) is 6.07 Å². The van der Waals surface area contributed by atoms with Crippen LogP contribution in [0.3, 0.4) is 0 Å². The van der Waals surface area contributed by atoms with Gasteiger partial charge in [0.2, 0.25) is 5.91 Å². The van der Waals surface area contributed by atoms with Gasteiger partial charge in [-0.05, 0) is 68.0 Å². The summed E-state index contributed by atoms with van der Waals surface area (Å²) in [7, 11) is 1.55. The van der Waals surface area contributed by atoms with E-state index in [1.807, 2.05) is 19.1 Å². The minimum atomic E-state index is -0.233. The van der Waals surface area contributed by atoms with Crippen molar-refractivity contribution in [2.75, 3.05) is 38.3 Å². The average Bonchev–Trinajstić information content (AvgIpc) is 3.67. The topological polar surface area (TPSA) is 94.2 Å². The number of hydrogen-bond donors (Lipinski definition) is 1. The molecule has 2 amide bonds. The number of nitrogens with zero attached hydrogens (tertiary/aromatic N) is 1. The summed E-state index contributed by atoms with van der Waals surface area (Å²) in [5.41, 5.74) is 1.97. The van der Waals surface area contributed by atoms with Crippen molar-refractivity contribution in [3.63, 3.8) is 0 Å². The van der Waals surface area contributed by atoms with Crippen LogP contribution in [0.25, 0.3) is 0 Å². The number of rotatable bonds is 11. The fourth-order valence-electron chi connectivity index (χ4n) is 3.81. The number of hydrogen-bond acceptors (Lipinski definition) is 6. The molecule has 2 aliphatic rings. The van der Waals surface area contributed by atoms with Gasteiger partial charge >= 0.3 is 0 Å². The molecule has 0 atom stereocenters. The maximum absolute atomic E-state index is 12.8. The number of nitrogens with one attached hydrogen (secondary N) is 1. The second-order valence-electron chi connectivity index (χ2n) is 8.73. The zero-order chi connectivity index (χ0) is 24.1. The molecule has 4 rings (SSSR count). The molecular formula is C26H30N2O6. The van der Waals surface area contributed by atoms with Crippen molar-refractivity contribution in [3.8, 4) is 17.2 Å². The van der Waals surface area contributed by atoms with Crippen LogP contribution in [0.5, 0.6) is 17.2 Å². The zero-order valence-electron chi connectivity index (χ0n) is 19.6. The lowest BCUT2D eigenvalue weighted by Crippen LogP contribution is -2.40. The third-order valence-corrected chi connectivity index (χ3v) is 5.97. The van der Waals surface area contributed by atoms with Gasteiger partial charge in [0.05, 0.1) is 12.8 Å². The molecular weight excluding hydrogens is 436 g/mol. The molecule has 1 aliphatic carbocycles. The number of fused-ring (bicyclic) bond motifs is 1. The quantitative estimate of drug-likeness (QED) is 0.511. The number of aryl methyl sites for hydroxylation is 1. The van der Waals surface area contributed by atoms with Crippen LogP contribution in [0.15, 0.2) is 36.4 Å².